The van der Waals surface area contributed by atoms with Crippen molar-refractivity contribution >= 4 is 23.4 Å². The van der Waals surface area contributed by atoms with Crippen molar-refractivity contribution < 1.29 is 42.2 Å². The number of halogens is 3. The lowest BCUT2D eigenvalue weighted by Gasteiger charge is -2.42. The number of likely N-dealkylation sites (tertiary alicyclic amines) is 1. The largest absolute Gasteiger partial charge is 0.573 e. The average molecular weight is 564 g/mol. The number of amides is 2. The summed E-state index contributed by atoms with van der Waals surface area (Å²) in [6.07, 6.45) is -1.90. The van der Waals surface area contributed by atoms with Gasteiger partial charge in [-0.3, -0.25) is 24.1 Å². The number of ether oxygens (including phenoxy) is 1. The molecule has 1 saturated heterocycles. The molecule has 0 saturated carbocycles. The molecule has 4 aliphatic rings. The summed E-state index contributed by atoms with van der Waals surface area (Å²) in [6.45, 7) is 1.58. The van der Waals surface area contributed by atoms with Crippen molar-refractivity contribution in [3.05, 3.63) is 94.1 Å². The van der Waals surface area contributed by atoms with Crippen LogP contribution in [-0.2, 0) is 25.7 Å². The normalized spacial score (nSPS) is 25.9. The molecular formula is C31H24F3NO6. The van der Waals surface area contributed by atoms with E-state index in [0.29, 0.717) is 5.57 Å². The van der Waals surface area contributed by atoms with E-state index in [0.717, 1.165) is 23.8 Å². The molecule has 7 nitrogen and oxygen atoms in total. The van der Waals surface area contributed by atoms with E-state index in [9.17, 15) is 37.5 Å². The van der Waals surface area contributed by atoms with Crippen LogP contribution in [0.5, 0.6) is 11.5 Å². The molecule has 3 aliphatic carbocycles. The quantitative estimate of drug-likeness (QED) is 0.322. The van der Waals surface area contributed by atoms with Crippen LogP contribution in [0.3, 0.4) is 0 Å². The van der Waals surface area contributed by atoms with Crippen LogP contribution in [0.2, 0.25) is 0 Å². The molecule has 6 rings (SSSR count). The fraction of sp³-hybridized carbons (Fsp3) is 0.290. The number of rotatable bonds is 4. The van der Waals surface area contributed by atoms with Gasteiger partial charge in [-0.25, -0.2) is 0 Å². The third kappa shape index (κ3) is 4.47. The van der Waals surface area contributed by atoms with E-state index < -0.39 is 59.0 Å². The van der Waals surface area contributed by atoms with E-state index in [2.05, 4.69) is 4.74 Å². The first-order chi connectivity index (χ1) is 19.4. The second-order valence-electron chi connectivity index (χ2n) is 10.7. The number of phenols is 1. The predicted molar refractivity (Wildman–Crippen MR) is 138 cm³/mol. The lowest BCUT2D eigenvalue weighted by molar-refractivity contribution is -0.274. The van der Waals surface area contributed by atoms with Gasteiger partial charge in [0, 0.05) is 28.2 Å². The van der Waals surface area contributed by atoms with Crippen LogP contribution in [0.1, 0.15) is 36.8 Å². The Morgan fingerprint density at radius 1 is 1.00 bits per heavy atom. The Balaban J connectivity index is 1.46. The first-order valence-corrected chi connectivity index (χ1v) is 13.1. The third-order valence-corrected chi connectivity index (χ3v) is 8.38. The van der Waals surface area contributed by atoms with Gasteiger partial charge in [0.25, 0.3) is 0 Å². The highest BCUT2D eigenvalue weighted by Crippen LogP contribution is 2.56. The number of phenolic OH excluding ortho intramolecular Hbond substituents is 1. The zero-order valence-electron chi connectivity index (χ0n) is 21.8. The van der Waals surface area contributed by atoms with E-state index in [1.807, 2.05) is 6.07 Å². The van der Waals surface area contributed by atoms with Crippen molar-refractivity contribution in [3.63, 3.8) is 0 Å². The number of benzene rings is 2. The maximum absolute atomic E-state index is 13.8. The van der Waals surface area contributed by atoms with E-state index in [-0.39, 0.29) is 47.6 Å². The van der Waals surface area contributed by atoms with Crippen LogP contribution >= 0.6 is 0 Å². The molecule has 0 spiro atoms. The number of allylic oxidation sites excluding steroid dienone is 6. The Morgan fingerprint density at radius 2 is 1.73 bits per heavy atom. The number of hydrogen-bond acceptors (Lipinski definition) is 6. The van der Waals surface area contributed by atoms with Gasteiger partial charge >= 0.3 is 6.36 Å². The second kappa shape index (κ2) is 9.57. The molecule has 1 fully saturated rings. The number of carbonyl (C=O) groups excluding carboxylic acids is 4. The van der Waals surface area contributed by atoms with E-state index >= 15 is 0 Å². The summed E-state index contributed by atoms with van der Waals surface area (Å²) in [5, 5.41) is 10.8. The highest BCUT2D eigenvalue weighted by molar-refractivity contribution is 6.23. The smallest absolute Gasteiger partial charge is 0.508 e. The fourth-order valence-electron chi connectivity index (χ4n) is 6.69. The van der Waals surface area contributed by atoms with Crippen LogP contribution < -0.4 is 4.74 Å². The molecular weight excluding hydrogens is 539 g/mol. The monoisotopic (exact) mass is 563 g/mol. The molecule has 41 heavy (non-hydrogen) atoms. The molecule has 1 aliphatic heterocycles. The van der Waals surface area contributed by atoms with Gasteiger partial charge in [-0.1, -0.05) is 42.0 Å². The molecule has 0 aromatic heterocycles. The van der Waals surface area contributed by atoms with Gasteiger partial charge in [0.05, 0.1) is 18.4 Å². The Morgan fingerprint density at radius 3 is 2.44 bits per heavy atom. The van der Waals surface area contributed by atoms with Crippen molar-refractivity contribution in [1.29, 1.82) is 0 Å². The standard InChI is InChI=1S/C31H24F3NO6/c1-15-11-24(37)27-22(28(15)38)13-20-18(25(27)21-12-17(7-10-23(21)36)41-31(32,33)34)8-9-19-26(20)30(40)35(29(19)39)14-16-5-3-2-4-6-16/h2-8,10-12,19-20,25-26,36H,9,13-14H2,1H3/t19-,20+,25+,26-/m0/s1. The van der Waals surface area contributed by atoms with Crippen LogP contribution in [0, 0.1) is 17.8 Å². The van der Waals surface area contributed by atoms with Gasteiger partial charge in [-0.05, 0) is 55.5 Å². The summed E-state index contributed by atoms with van der Waals surface area (Å²) < 4.78 is 43.2. The van der Waals surface area contributed by atoms with Crippen molar-refractivity contribution in [1.82, 2.24) is 4.90 Å². The number of alkyl halides is 3. The number of fused-ring (bicyclic) bond motifs is 3. The lowest BCUT2D eigenvalue weighted by Crippen LogP contribution is -2.39. The summed E-state index contributed by atoms with van der Waals surface area (Å²) in [4.78, 5) is 55.1. The minimum Gasteiger partial charge on any atom is -0.508 e. The van der Waals surface area contributed by atoms with E-state index in [1.54, 1.807) is 30.3 Å². The summed E-state index contributed by atoms with van der Waals surface area (Å²) in [5.41, 5.74) is 1.63. The van der Waals surface area contributed by atoms with Crippen molar-refractivity contribution in [2.45, 2.75) is 38.6 Å². The first-order valence-electron chi connectivity index (χ1n) is 13.1. The van der Waals surface area contributed by atoms with E-state index in [1.165, 1.54) is 17.9 Å². The zero-order valence-corrected chi connectivity index (χ0v) is 21.8. The SMILES string of the molecule is CC1=CC(=O)C2=C(C[C@@H]3C(=CC[C@@H]4C(=O)N(Cc5ccccc5)C(=O)[C@@H]43)[C@@H]2c2cc(OC(F)(F)F)ccc2O)C1=O. The van der Waals surface area contributed by atoms with Gasteiger partial charge in [0.2, 0.25) is 11.8 Å². The van der Waals surface area contributed by atoms with Crippen molar-refractivity contribution in [2.24, 2.45) is 17.8 Å². The van der Waals surface area contributed by atoms with Gasteiger partial charge in [0.1, 0.15) is 11.5 Å². The first kappa shape index (κ1) is 26.7. The molecule has 0 bridgehead atoms. The lowest BCUT2D eigenvalue weighted by atomic mass is 9.59. The minimum absolute atomic E-state index is 0.0201. The zero-order chi connectivity index (χ0) is 29.2. The number of carbonyl (C=O) groups is 4. The Bertz CT molecular complexity index is 1600. The van der Waals surface area contributed by atoms with Gasteiger partial charge in [0.15, 0.2) is 11.6 Å². The van der Waals surface area contributed by atoms with Gasteiger partial charge in [-0.2, -0.15) is 0 Å². The molecule has 0 unspecified atom stereocenters. The van der Waals surface area contributed by atoms with Crippen molar-refractivity contribution in [2.75, 3.05) is 0 Å². The second-order valence-corrected chi connectivity index (χ2v) is 10.7. The molecule has 10 heteroatoms. The van der Waals surface area contributed by atoms with Crippen molar-refractivity contribution in [3.8, 4) is 11.5 Å². The molecule has 4 atom stereocenters. The summed E-state index contributed by atoms with van der Waals surface area (Å²) >= 11 is 0. The molecule has 1 heterocycles. The molecule has 2 aromatic rings. The molecule has 0 radical (unpaired) electrons. The molecule has 1 N–H and O–H groups in total. The fourth-order valence-corrected chi connectivity index (χ4v) is 6.69. The van der Waals surface area contributed by atoms with Gasteiger partial charge < -0.3 is 9.84 Å². The molecule has 2 amide bonds. The Kier molecular flexibility index (Phi) is 6.24. The summed E-state index contributed by atoms with van der Waals surface area (Å²) in [7, 11) is 0. The van der Waals surface area contributed by atoms with Crippen LogP contribution in [0.15, 0.2) is 83.0 Å². The topological polar surface area (TPSA) is 101 Å². The number of imide groups is 1. The molecule has 210 valence electrons. The summed E-state index contributed by atoms with van der Waals surface area (Å²) in [6, 6.07) is 12.0. The molecule has 2 aromatic carbocycles. The Labute approximate surface area is 232 Å². The minimum atomic E-state index is -5.00. The maximum atomic E-state index is 13.8. The van der Waals surface area contributed by atoms with E-state index in [4.69, 9.17) is 0 Å². The number of aromatic hydroxyl groups is 1. The number of nitrogens with zero attached hydrogens (tertiary/aromatic N) is 1. The number of hydrogen-bond donors (Lipinski definition) is 1. The predicted octanol–water partition coefficient (Wildman–Crippen LogP) is 4.92. The number of ketones is 2. The Hall–Kier alpha value is -4.47. The summed E-state index contributed by atoms with van der Waals surface area (Å²) in [5.74, 6) is -5.93. The highest BCUT2D eigenvalue weighted by Gasteiger charge is 2.56. The van der Waals surface area contributed by atoms with Crippen LogP contribution in [0.4, 0.5) is 13.2 Å². The number of Topliss-reactive ketones (excluding diaryl/α,β-unsaturated/α-hetero) is 1. The van der Waals surface area contributed by atoms with Crippen LogP contribution in [0.25, 0.3) is 0 Å². The third-order valence-electron chi connectivity index (χ3n) is 8.38. The highest BCUT2D eigenvalue weighted by atomic mass is 19.4. The van der Waals surface area contributed by atoms with Gasteiger partial charge in [-0.15, -0.1) is 13.2 Å². The maximum Gasteiger partial charge on any atom is 0.573 e. The average Bonchev–Trinajstić information content (AvgIpc) is 3.16. The van der Waals surface area contributed by atoms with Crippen LogP contribution in [-0.4, -0.2) is 39.7 Å².